The number of hydrogen-bond donors (Lipinski definition) is 1. The van der Waals surface area contributed by atoms with Gasteiger partial charge in [0.05, 0.1) is 18.1 Å². The Balaban J connectivity index is 2.14. The maximum absolute atomic E-state index is 5.42. The first-order chi connectivity index (χ1) is 9.31. The fourth-order valence-corrected chi connectivity index (χ4v) is 2.21. The minimum atomic E-state index is 0.277. The van der Waals surface area contributed by atoms with Crippen molar-refractivity contribution in [1.29, 1.82) is 0 Å². The molecule has 0 radical (unpaired) electrons. The lowest BCUT2D eigenvalue weighted by molar-refractivity contribution is 0.371. The molecule has 3 rings (SSSR count). The lowest BCUT2D eigenvalue weighted by Crippen LogP contribution is -1.92. The zero-order valence-electron chi connectivity index (χ0n) is 10.6. The third-order valence-corrected chi connectivity index (χ3v) is 3.10. The van der Waals surface area contributed by atoms with Crippen molar-refractivity contribution in [3.63, 3.8) is 0 Å². The van der Waals surface area contributed by atoms with Crippen LogP contribution in [0.25, 0.3) is 21.8 Å². The zero-order valence-corrected chi connectivity index (χ0v) is 10.6. The standard InChI is InChI=1S/C16H13NO2/c1-3-8-19-12-5-7-14-13-6-4-11(18-2)9-15(13)17-16(14)10-12/h1,4-7,9-10,17H,8H2,2H3. The van der Waals surface area contributed by atoms with E-state index in [0.29, 0.717) is 0 Å². The predicted octanol–water partition coefficient (Wildman–Crippen LogP) is 3.34. The summed E-state index contributed by atoms with van der Waals surface area (Å²) in [5.74, 6) is 4.06. The number of nitrogens with one attached hydrogen (secondary N) is 1. The molecule has 19 heavy (non-hydrogen) atoms. The smallest absolute Gasteiger partial charge is 0.148 e. The van der Waals surface area contributed by atoms with Crippen LogP contribution in [0.3, 0.4) is 0 Å². The van der Waals surface area contributed by atoms with Gasteiger partial charge in [0, 0.05) is 22.9 Å². The van der Waals surface area contributed by atoms with Crippen LogP contribution in [0.5, 0.6) is 11.5 Å². The van der Waals surface area contributed by atoms with Crippen molar-refractivity contribution in [3.8, 4) is 23.8 Å². The average molecular weight is 251 g/mol. The number of fused-ring (bicyclic) bond motifs is 3. The number of rotatable bonds is 3. The van der Waals surface area contributed by atoms with E-state index in [-0.39, 0.29) is 6.61 Å². The first kappa shape index (κ1) is 11.5. The van der Waals surface area contributed by atoms with Crippen molar-refractivity contribution in [2.75, 3.05) is 13.7 Å². The zero-order chi connectivity index (χ0) is 13.2. The molecule has 3 aromatic rings. The Morgan fingerprint density at radius 3 is 2.32 bits per heavy atom. The predicted molar refractivity (Wildman–Crippen MR) is 76.7 cm³/mol. The quantitative estimate of drug-likeness (QED) is 0.724. The first-order valence-electron chi connectivity index (χ1n) is 5.97. The van der Waals surface area contributed by atoms with Gasteiger partial charge in [0.25, 0.3) is 0 Å². The van der Waals surface area contributed by atoms with Crippen LogP contribution in [0.2, 0.25) is 0 Å². The average Bonchev–Trinajstić information content (AvgIpc) is 2.81. The Morgan fingerprint density at radius 1 is 1.05 bits per heavy atom. The van der Waals surface area contributed by atoms with Gasteiger partial charge in [-0.15, -0.1) is 6.42 Å². The van der Waals surface area contributed by atoms with E-state index in [1.54, 1.807) is 7.11 Å². The normalized spacial score (nSPS) is 10.5. The van der Waals surface area contributed by atoms with Crippen molar-refractivity contribution >= 4 is 21.8 Å². The lowest BCUT2D eigenvalue weighted by atomic mass is 10.1. The molecule has 3 nitrogen and oxygen atoms in total. The summed E-state index contributed by atoms with van der Waals surface area (Å²) in [6, 6.07) is 11.9. The fraction of sp³-hybridized carbons (Fsp3) is 0.125. The summed E-state index contributed by atoms with van der Waals surface area (Å²) < 4.78 is 10.7. The Kier molecular flexibility index (Phi) is 2.77. The molecule has 0 spiro atoms. The molecule has 0 aliphatic heterocycles. The number of methoxy groups -OCH3 is 1. The second-order valence-electron chi connectivity index (χ2n) is 4.24. The molecule has 2 aromatic carbocycles. The monoisotopic (exact) mass is 251 g/mol. The highest BCUT2D eigenvalue weighted by Gasteiger charge is 2.06. The van der Waals surface area contributed by atoms with E-state index in [9.17, 15) is 0 Å². The van der Waals surface area contributed by atoms with E-state index < -0.39 is 0 Å². The summed E-state index contributed by atoms with van der Waals surface area (Å²) in [4.78, 5) is 3.36. The molecule has 94 valence electrons. The molecule has 1 aromatic heterocycles. The molecule has 0 bridgehead atoms. The van der Waals surface area contributed by atoms with Gasteiger partial charge in [-0.3, -0.25) is 0 Å². The van der Waals surface area contributed by atoms with Gasteiger partial charge in [-0.25, -0.2) is 0 Å². The summed E-state index contributed by atoms with van der Waals surface area (Å²) in [6.07, 6.45) is 5.19. The summed E-state index contributed by atoms with van der Waals surface area (Å²) >= 11 is 0. The molecular weight excluding hydrogens is 238 g/mol. The molecule has 0 aliphatic carbocycles. The number of benzene rings is 2. The Labute approximate surface area is 111 Å². The lowest BCUT2D eigenvalue weighted by Gasteiger charge is -2.01. The van der Waals surface area contributed by atoms with E-state index in [0.717, 1.165) is 27.9 Å². The molecule has 1 heterocycles. The number of H-pyrrole nitrogens is 1. The summed E-state index contributed by atoms with van der Waals surface area (Å²) in [7, 11) is 1.66. The van der Waals surface area contributed by atoms with Crippen LogP contribution in [0.15, 0.2) is 36.4 Å². The van der Waals surface area contributed by atoms with Crippen molar-refractivity contribution < 1.29 is 9.47 Å². The molecule has 0 unspecified atom stereocenters. The third-order valence-electron chi connectivity index (χ3n) is 3.10. The summed E-state index contributed by atoms with van der Waals surface area (Å²) in [5.41, 5.74) is 2.07. The van der Waals surface area contributed by atoms with Crippen LogP contribution in [0.1, 0.15) is 0 Å². The molecule has 0 saturated heterocycles. The van der Waals surface area contributed by atoms with Crippen molar-refractivity contribution in [1.82, 2.24) is 4.98 Å². The second-order valence-corrected chi connectivity index (χ2v) is 4.24. The van der Waals surface area contributed by atoms with Gasteiger partial charge in [0.15, 0.2) is 0 Å². The Morgan fingerprint density at radius 2 is 1.68 bits per heavy atom. The Bertz CT molecular complexity index is 780. The Hall–Kier alpha value is -2.60. The largest absolute Gasteiger partial charge is 0.497 e. The van der Waals surface area contributed by atoms with Gasteiger partial charge in [-0.2, -0.15) is 0 Å². The summed E-state index contributed by atoms with van der Waals surface area (Å²) in [5, 5.41) is 2.32. The van der Waals surface area contributed by atoms with Crippen LogP contribution in [0.4, 0.5) is 0 Å². The molecule has 3 heteroatoms. The van der Waals surface area contributed by atoms with Gasteiger partial charge in [-0.05, 0) is 24.3 Å². The van der Waals surface area contributed by atoms with E-state index >= 15 is 0 Å². The summed E-state index contributed by atoms with van der Waals surface area (Å²) in [6.45, 7) is 0.277. The second kappa shape index (κ2) is 4.58. The van der Waals surface area contributed by atoms with Gasteiger partial charge in [-0.1, -0.05) is 5.92 Å². The topological polar surface area (TPSA) is 34.2 Å². The van der Waals surface area contributed by atoms with Gasteiger partial charge < -0.3 is 14.5 Å². The maximum Gasteiger partial charge on any atom is 0.148 e. The van der Waals surface area contributed by atoms with Gasteiger partial charge in [0.1, 0.15) is 18.1 Å². The van der Waals surface area contributed by atoms with Gasteiger partial charge in [0.2, 0.25) is 0 Å². The van der Waals surface area contributed by atoms with E-state index in [1.807, 2.05) is 30.3 Å². The molecule has 0 atom stereocenters. The van der Waals surface area contributed by atoms with Crippen LogP contribution >= 0.6 is 0 Å². The maximum atomic E-state index is 5.42. The fourth-order valence-electron chi connectivity index (χ4n) is 2.21. The van der Waals surface area contributed by atoms with Crippen LogP contribution in [-0.2, 0) is 0 Å². The van der Waals surface area contributed by atoms with Crippen molar-refractivity contribution in [2.24, 2.45) is 0 Å². The van der Waals surface area contributed by atoms with Crippen LogP contribution in [0, 0.1) is 12.3 Å². The first-order valence-corrected chi connectivity index (χ1v) is 5.97. The molecule has 0 amide bonds. The minimum absolute atomic E-state index is 0.277. The SMILES string of the molecule is C#CCOc1ccc2c(c1)[nH]c1cc(OC)ccc12. The molecular formula is C16H13NO2. The molecule has 0 fully saturated rings. The number of aromatic amines is 1. The van der Waals surface area contributed by atoms with Crippen LogP contribution < -0.4 is 9.47 Å². The van der Waals surface area contributed by atoms with E-state index in [2.05, 4.69) is 17.0 Å². The molecule has 0 aliphatic rings. The number of ether oxygens (including phenoxy) is 2. The van der Waals surface area contributed by atoms with Crippen molar-refractivity contribution in [2.45, 2.75) is 0 Å². The van der Waals surface area contributed by atoms with Gasteiger partial charge >= 0.3 is 0 Å². The number of hydrogen-bond acceptors (Lipinski definition) is 2. The highest BCUT2D eigenvalue weighted by molar-refractivity contribution is 6.07. The third kappa shape index (κ3) is 1.98. The molecule has 1 N–H and O–H groups in total. The highest BCUT2D eigenvalue weighted by atomic mass is 16.5. The van der Waals surface area contributed by atoms with E-state index in [1.165, 1.54) is 5.39 Å². The van der Waals surface area contributed by atoms with E-state index in [4.69, 9.17) is 15.9 Å². The number of aromatic nitrogens is 1. The van der Waals surface area contributed by atoms with Crippen LogP contribution in [-0.4, -0.2) is 18.7 Å². The number of terminal acetylenes is 1. The minimum Gasteiger partial charge on any atom is -0.497 e. The van der Waals surface area contributed by atoms with Crippen molar-refractivity contribution in [3.05, 3.63) is 36.4 Å². The highest BCUT2D eigenvalue weighted by Crippen LogP contribution is 2.30. The molecule has 0 saturated carbocycles.